The molecule has 2 aromatic rings. The second kappa shape index (κ2) is 5.32. The molecule has 0 saturated carbocycles. The largest absolute Gasteiger partial charge is 0.493 e. The van der Waals surface area contributed by atoms with Crippen LogP contribution in [0.1, 0.15) is 18.0 Å². The SMILES string of the molecule is Clc1ccc(NC2CCOc3ccccc32)cc1Cl. The quantitative estimate of drug-likeness (QED) is 0.848. The molecule has 1 N–H and O–H groups in total. The van der Waals surface area contributed by atoms with Gasteiger partial charge in [0.2, 0.25) is 0 Å². The Hall–Kier alpha value is -1.38. The van der Waals surface area contributed by atoms with E-state index in [1.807, 2.05) is 30.3 Å². The summed E-state index contributed by atoms with van der Waals surface area (Å²) in [6, 6.07) is 13.9. The zero-order valence-electron chi connectivity index (χ0n) is 10.2. The van der Waals surface area contributed by atoms with Crippen LogP contribution in [0.4, 0.5) is 5.69 Å². The van der Waals surface area contributed by atoms with E-state index >= 15 is 0 Å². The van der Waals surface area contributed by atoms with Gasteiger partial charge in [-0.1, -0.05) is 41.4 Å². The first-order valence-electron chi connectivity index (χ1n) is 6.17. The van der Waals surface area contributed by atoms with Crippen LogP contribution in [0, 0.1) is 0 Å². The first-order valence-corrected chi connectivity index (χ1v) is 6.93. The van der Waals surface area contributed by atoms with Gasteiger partial charge in [0, 0.05) is 17.7 Å². The van der Waals surface area contributed by atoms with Crippen LogP contribution < -0.4 is 10.1 Å². The fraction of sp³-hybridized carbons (Fsp3) is 0.200. The highest BCUT2D eigenvalue weighted by molar-refractivity contribution is 6.42. The van der Waals surface area contributed by atoms with E-state index in [1.54, 1.807) is 6.07 Å². The molecule has 2 aromatic carbocycles. The average molecular weight is 294 g/mol. The molecule has 19 heavy (non-hydrogen) atoms. The smallest absolute Gasteiger partial charge is 0.124 e. The van der Waals surface area contributed by atoms with Gasteiger partial charge in [-0.2, -0.15) is 0 Å². The van der Waals surface area contributed by atoms with Crippen LogP contribution in [0.15, 0.2) is 42.5 Å². The van der Waals surface area contributed by atoms with Gasteiger partial charge in [0.15, 0.2) is 0 Å². The van der Waals surface area contributed by atoms with Crippen LogP contribution in [0.2, 0.25) is 10.0 Å². The van der Waals surface area contributed by atoms with E-state index in [4.69, 9.17) is 27.9 Å². The molecule has 1 aliphatic heterocycles. The number of para-hydroxylation sites is 1. The van der Waals surface area contributed by atoms with Crippen LogP contribution in [0.5, 0.6) is 5.75 Å². The minimum atomic E-state index is 0.238. The van der Waals surface area contributed by atoms with E-state index in [0.717, 1.165) is 24.5 Å². The number of rotatable bonds is 2. The maximum absolute atomic E-state index is 6.04. The number of fused-ring (bicyclic) bond motifs is 1. The number of nitrogens with one attached hydrogen (secondary N) is 1. The van der Waals surface area contributed by atoms with Crippen molar-refractivity contribution in [3.8, 4) is 5.75 Å². The fourth-order valence-corrected chi connectivity index (χ4v) is 2.58. The molecule has 0 saturated heterocycles. The van der Waals surface area contributed by atoms with Crippen molar-refractivity contribution in [2.75, 3.05) is 11.9 Å². The van der Waals surface area contributed by atoms with E-state index in [9.17, 15) is 0 Å². The molecule has 1 heterocycles. The van der Waals surface area contributed by atoms with Crippen molar-refractivity contribution in [3.05, 3.63) is 58.1 Å². The molecular formula is C15H13Cl2NO. The number of anilines is 1. The third-order valence-electron chi connectivity index (χ3n) is 3.22. The van der Waals surface area contributed by atoms with E-state index in [2.05, 4.69) is 11.4 Å². The van der Waals surface area contributed by atoms with E-state index < -0.39 is 0 Å². The first-order chi connectivity index (χ1) is 9.24. The van der Waals surface area contributed by atoms with E-state index in [0.29, 0.717) is 10.0 Å². The van der Waals surface area contributed by atoms with Crippen LogP contribution in [0.3, 0.4) is 0 Å². The second-order valence-corrected chi connectivity index (χ2v) is 5.32. The summed E-state index contributed by atoms with van der Waals surface area (Å²) in [5.41, 5.74) is 2.15. The second-order valence-electron chi connectivity index (χ2n) is 4.50. The predicted octanol–water partition coefficient (Wildman–Crippen LogP) is 4.93. The molecular weight excluding hydrogens is 281 g/mol. The standard InChI is InChI=1S/C15H13Cl2NO/c16-12-6-5-10(9-13(12)17)18-14-7-8-19-15-4-2-1-3-11(14)15/h1-6,9,14,18H,7-8H2. The third-order valence-corrected chi connectivity index (χ3v) is 3.96. The number of benzene rings is 2. The van der Waals surface area contributed by atoms with Gasteiger partial charge in [0.25, 0.3) is 0 Å². The molecule has 1 unspecified atom stereocenters. The Morgan fingerprint density at radius 1 is 1.05 bits per heavy atom. The van der Waals surface area contributed by atoms with Crippen molar-refractivity contribution in [1.82, 2.24) is 0 Å². The van der Waals surface area contributed by atoms with Gasteiger partial charge in [-0.25, -0.2) is 0 Å². The van der Waals surface area contributed by atoms with Crippen LogP contribution in [-0.2, 0) is 0 Å². The number of hydrogen-bond acceptors (Lipinski definition) is 2. The van der Waals surface area contributed by atoms with Gasteiger partial charge in [0.05, 0.1) is 22.7 Å². The Balaban J connectivity index is 1.86. The molecule has 0 spiro atoms. The number of hydrogen-bond donors (Lipinski definition) is 1. The predicted molar refractivity (Wildman–Crippen MR) is 79.4 cm³/mol. The Morgan fingerprint density at radius 2 is 1.89 bits per heavy atom. The summed E-state index contributed by atoms with van der Waals surface area (Å²) in [5.74, 6) is 0.950. The molecule has 1 atom stereocenters. The van der Waals surface area contributed by atoms with Gasteiger partial charge < -0.3 is 10.1 Å². The molecule has 2 nitrogen and oxygen atoms in total. The highest BCUT2D eigenvalue weighted by Crippen LogP contribution is 2.35. The Morgan fingerprint density at radius 3 is 2.74 bits per heavy atom. The molecule has 0 bridgehead atoms. The first kappa shape index (κ1) is 12.6. The summed E-state index contributed by atoms with van der Waals surface area (Å²) in [4.78, 5) is 0. The van der Waals surface area contributed by atoms with Crippen molar-refractivity contribution < 1.29 is 4.74 Å². The lowest BCUT2D eigenvalue weighted by Gasteiger charge is -2.27. The maximum atomic E-state index is 6.04. The molecule has 0 aliphatic carbocycles. The number of halogens is 2. The van der Waals surface area contributed by atoms with Gasteiger partial charge in [0.1, 0.15) is 5.75 Å². The zero-order chi connectivity index (χ0) is 13.2. The minimum absolute atomic E-state index is 0.238. The minimum Gasteiger partial charge on any atom is -0.493 e. The van der Waals surface area contributed by atoms with Crippen molar-refractivity contribution in [3.63, 3.8) is 0 Å². The molecule has 0 amide bonds. The van der Waals surface area contributed by atoms with Crippen molar-refractivity contribution in [2.24, 2.45) is 0 Å². The number of ether oxygens (including phenoxy) is 1. The Bertz CT molecular complexity index is 600. The molecule has 0 aromatic heterocycles. The molecule has 4 heteroatoms. The summed E-state index contributed by atoms with van der Waals surface area (Å²) in [6.45, 7) is 0.718. The highest BCUT2D eigenvalue weighted by Gasteiger charge is 2.20. The maximum Gasteiger partial charge on any atom is 0.124 e. The molecule has 3 rings (SSSR count). The zero-order valence-corrected chi connectivity index (χ0v) is 11.7. The summed E-state index contributed by atoms with van der Waals surface area (Å²) < 4.78 is 5.65. The van der Waals surface area contributed by atoms with Gasteiger partial charge in [-0.15, -0.1) is 0 Å². The van der Waals surface area contributed by atoms with Gasteiger partial charge in [-0.3, -0.25) is 0 Å². The fourth-order valence-electron chi connectivity index (χ4n) is 2.28. The Kier molecular flexibility index (Phi) is 3.54. The summed E-state index contributed by atoms with van der Waals surface area (Å²) in [6.07, 6.45) is 0.928. The van der Waals surface area contributed by atoms with Gasteiger partial charge in [-0.05, 0) is 24.3 Å². The lowest BCUT2D eigenvalue weighted by atomic mass is 10.0. The van der Waals surface area contributed by atoms with Crippen LogP contribution in [-0.4, -0.2) is 6.61 Å². The average Bonchev–Trinajstić information content (AvgIpc) is 2.43. The van der Waals surface area contributed by atoms with E-state index in [1.165, 1.54) is 5.56 Å². The molecule has 0 fully saturated rings. The topological polar surface area (TPSA) is 21.3 Å². The van der Waals surface area contributed by atoms with Crippen LogP contribution >= 0.6 is 23.2 Å². The Labute approximate surface area is 122 Å². The molecule has 1 aliphatic rings. The summed E-state index contributed by atoms with van der Waals surface area (Å²) in [5, 5.41) is 4.61. The lowest BCUT2D eigenvalue weighted by molar-refractivity contribution is 0.274. The van der Waals surface area contributed by atoms with Crippen molar-refractivity contribution in [1.29, 1.82) is 0 Å². The van der Waals surface area contributed by atoms with Crippen molar-refractivity contribution >= 4 is 28.9 Å². The van der Waals surface area contributed by atoms with Gasteiger partial charge >= 0.3 is 0 Å². The normalized spacial score (nSPS) is 17.5. The van der Waals surface area contributed by atoms with Crippen molar-refractivity contribution in [2.45, 2.75) is 12.5 Å². The molecule has 0 radical (unpaired) electrons. The summed E-state index contributed by atoms with van der Waals surface area (Å²) >= 11 is 12.0. The van der Waals surface area contributed by atoms with E-state index in [-0.39, 0.29) is 6.04 Å². The third kappa shape index (κ3) is 2.65. The molecule has 98 valence electrons. The lowest BCUT2D eigenvalue weighted by Crippen LogP contribution is -2.20. The summed E-state index contributed by atoms with van der Waals surface area (Å²) in [7, 11) is 0. The highest BCUT2D eigenvalue weighted by atomic mass is 35.5. The monoisotopic (exact) mass is 293 g/mol. The van der Waals surface area contributed by atoms with Crippen LogP contribution in [0.25, 0.3) is 0 Å².